The Morgan fingerprint density at radius 3 is 2.38 bits per heavy atom. The molecular formula is C4H8INO2. The molecule has 8 heavy (non-hydrogen) atoms. The van der Waals surface area contributed by atoms with Crippen molar-refractivity contribution in [2.75, 3.05) is 4.61 Å². The molecule has 0 radical (unpaired) electrons. The number of ether oxygens (including phenoxy) is 1. The lowest BCUT2D eigenvalue weighted by Crippen LogP contribution is -2.19. The molecule has 0 amide bonds. The molecule has 48 valence electrons. The van der Waals surface area contributed by atoms with Crippen LogP contribution in [0.2, 0.25) is 0 Å². The van der Waals surface area contributed by atoms with Crippen LogP contribution in [0, 0.1) is 4.91 Å². The van der Waals surface area contributed by atoms with E-state index in [0.29, 0.717) is 4.61 Å². The van der Waals surface area contributed by atoms with Gasteiger partial charge in [-0.25, -0.2) is 0 Å². The Balaban J connectivity index is 3.53. The summed E-state index contributed by atoms with van der Waals surface area (Å²) in [6, 6.07) is 0. The van der Waals surface area contributed by atoms with E-state index in [0.717, 1.165) is 0 Å². The van der Waals surface area contributed by atoms with E-state index in [-0.39, 0.29) is 0 Å². The molecule has 0 bridgehead atoms. The predicted molar refractivity (Wildman–Crippen MR) is 39.8 cm³/mol. The summed E-state index contributed by atoms with van der Waals surface area (Å²) in [4.78, 5) is 9.84. The lowest BCUT2D eigenvalue weighted by Gasteiger charge is -2.12. The molecule has 0 aliphatic heterocycles. The highest BCUT2D eigenvalue weighted by atomic mass is 127. The summed E-state index contributed by atoms with van der Waals surface area (Å²) in [5.41, 5.74) is -0.846. The fourth-order valence-corrected chi connectivity index (χ4v) is 0.922. The maximum atomic E-state index is 9.84. The third kappa shape index (κ3) is 3.31. The smallest absolute Gasteiger partial charge is 0.195 e. The predicted octanol–water partition coefficient (Wildman–Crippen LogP) is 1.90. The SMILES string of the molecule is CC(C)(N=O)OCI. The normalized spacial score (nSPS) is 11.4. The molecule has 4 heteroatoms. The highest BCUT2D eigenvalue weighted by Crippen LogP contribution is 2.10. The lowest BCUT2D eigenvalue weighted by molar-refractivity contribution is 0.0241. The fraction of sp³-hybridized carbons (Fsp3) is 1.00. The third-order valence-electron chi connectivity index (χ3n) is 0.628. The molecule has 0 atom stereocenters. The van der Waals surface area contributed by atoms with Gasteiger partial charge in [0.15, 0.2) is 5.72 Å². The first kappa shape index (κ1) is 8.29. The molecule has 0 unspecified atom stereocenters. The Labute approximate surface area is 61.9 Å². The standard InChI is InChI=1S/C4H8INO2/c1-4(2,6-7)8-3-5/h3H2,1-2H3. The van der Waals surface area contributed by atoms with Crippen molar-refractivity contribution in [2.45, 2.75) is 19.6 Å². The zero-order chi connectivity index (χ0) is 6.62. The number of nitrogens with zero attached hydrogens (tertiary/aromatic N) is 1. The van der Waals surface area contributed by atoms with E-state index in [1.807, 2.05) is 22.6 Å². The fourth-order valence-electron chi connectivity index (χ4n) is 0.160. The van der Waals surface area contributed by atoms with Crippen LogP contribution in [0.15, 0.2) is 5.18 Å². The molecule has 0 rings (SSSR count). The van der Waals surface area contributed by atoms with Crippen LogP contribution in [0.1, 0.15) is 13.8 Å². The molecule has 3 nitrogen and oxygen atoms in total. The van der Waals surface area contributed by atoms with Gasteiger partial charge < -0.3 is 4.74 Å². The molecule has 0 saturated carbocycles. The van der Waals surface area contributed by atoms with Crippen molar-refractivity contribution >= 4 is 22.6 Å². The highest BCUT2D eigenvalue weighted by Gasteiger charge is 2.16. The van der Waals surface area contributed by atoms with Crippen molar-refractivity contribution in [2.24, 2.45) is 5.18 Å². The van der Waals surface area contributed by atoms with Crippen LogP contribution in [0.3, 0.4) is 0 Å². The molecule has 0 fully saturated rings. The third-order valence-corrected chi connectivity index (χ3v) is 0.939. The zero-order valence-electron chi connectivity index (χ0n) is 4.85. The summed E-state index contributed by atoms with van der Waals surface area (Å²) in [6.45, 7) is 3.25. The summed E-state index contributed by atoms with van der Waals surface area (Å²) >= 11 is 2.01. The first-order chi connectivity index (χ1) is 3.62. The largest absolute Gasteiger partial charge is 0.340 e. The van der Waals surface area contributed by atoms with E-state index in [2.05, 4.69) is 5.18 Å². The number of halogens is 1. The van der Waals surface area contributed by atoms with Gasteiger partial charge in [0.2, 0.25) is 0 Å². The monoisotopic (exact) mass is 229 g/mol. The summed E-state index contributed by atoms with van der Waals surface area (Å²) in [5.74, 6) is 0. The van der Waals surface area contributed by atoms with E-state index < -0.39 is 5.72 Å². The van der Waals surface area contributed by atoms with Crippen molar-refractivity contribution in [1.29, 1.82) is 0 Å². The number of hydrogen-bond donors (Lipinski definition) is 0. The van der Waals surface area contributed by atoms with Gasteiger partial charge in [0.25, 0.3) is 0 Å². The van der Waals surface area contributed by atoms with Gasteiger partial charge in [-0.05, 0) is 19.0 Å². The second kappa shape index (κ2) is 3.34. The Morgan fingerprint density at radius 2 is 2.25 bits per heavy atom. The molecule has 0 aromatic heterocycles. The van der Waals surface area contributed by atoms with Crippen molar-refractivity contribution < 1.29 is 4.74 Å². The van der Waals surface area contributed by atoms with Crippen LogP contribution < -0.4 is 0 Å². The van der Waals surface area contributed by atoms with Gasteiger partial charge in [0, 0.05) is 0 Å². The average molecular weight is 229 g/mol. The van der Waals surface area contributed by atoms with Gasteiger partial charge in [-0.3, -0.25) is 0 Å². The summed E-state index contributed by atoms with van der Waals surface area (Å²) in [7, 11) is 0. The maximum absolute atomic E-state index is 9.84. The van der Waals surface area contributed by atoms with Crippen LogP contribution in [-0.2, 0) is 4.74 Å². The topological polar surface area (TPSA) is 38.7 Å². The molecule has 0 spiro atoms. The minimum absolute atomic E-state index is 0.497. The van der Waals surface area contributed by atoms with Crippen LogP contribution in [-0.4, -0.2) is 10.3 Å². The molecule has 0 saturated heterocycles. The van der Waals surface area contributed by atoms with E-state index in [4.69, 9.17) is 4.74 Å². The van der Waals surface area contributed by atoms with Crippen molar-refractivity contribution in [3.8, 4) is 0 Å². The van der Waals surface area contributed by atoms with E-state index in [1.54, 1.807) is 13.8 Å². The second-order valence-corrected chi connectivity index (χ2v) is 2.41. The Hall–Kier alpha value is 0.290. The lowest BCUT2D eigenvalue weighted by atomic mass is 10.3. The minimum atomic E-state index is -0.846. The van der Waals surface area contributed by atoms with E-state index in [9.17, 15) is 4.91 Å². The molecule has 0 N–H and O–H groups in total. The van der Waals surface area contributed by atoms with Gasteiger partial charge in [-0.15, -0.1) is 4.91 Å². The van der Waals surface area contributed by atoms with Crippen LogP contribution in [0.4, 0.5) is 0 Å². The van der Waals surface area contributed by atoms with E-state index in [1.165, 1.54) is 0 Å². The van der Waals surface area contributed by atoms with Gasteiger partial charge in [-0.1, -0.05) is 22.6 Å². The van der Waals surface area contributed by atoms with Crippen LogP contribution in [0.25, 0.3) is 0 Å². The zero-order valence-corrected chi connectivity index (χ0v) is 7.01. The van der Waals surface area contributed by atoms with Gasteiger partial charge >= 0.3 is 0 Å². The Bertz CT molecular complexity index is 84.1. The van der Waals surface area contributed by atoms with Crippen molar-refractivity contribution in [3.63, 3.8) is 0 Å². The molecule has 0 aliphatic carbocycles. The summed E-state index contributed by atoms with van der Waals surface area (Å²) < 4.78 is 5.38. The Kier molecular flexibility index (Phi) is 3.46. The second-order valence-electron chi connectivity index (χ2n) is 1.79. The first-order valence-electron chi connectivity index (χ1n) is 2.17. The van der Waals surface area contributed by atoms with Crippen LogP contribution >= 0.6 is 22.6 Å². The molecule has 0 aliphatic rings. The van der Waals surface area contributed by atoms with Crippen molar-refractivity contribution in [1.82, 2.24) is 0 Å². The van der Waals surface area contributed by atoms with Gasteiger partial charge in [0.05, 0.1) is 0 Å². The number of alkyl halides is 1. The maximum Gasteiger partial charge on any atom is 0.195 e. The minimum Gasteiger partial charge on any atom is -0.340 e. The molecule has 0 aromatic carbocycles. The quantitative estimate of drug-likeness (QED) is 0.421. The van der Waals surface area contributed by atoms with E-state index >= 15 is 0 Å². The summed E-state index contributed by atoms with van der Waals surface area (Å²) in [6.07, 6.45) is 0. The van der Waals surface area contributed by atoms with Crippen LogP contribution in [0.5, 0.6) is 0 Å². The molecule has 0 heterocycles. The van der Waals surface area contributed by atoms with Gasteiger partial charge in [-0.2, -0.15) is 0 Å². The molecular weight excluding hydrogens is 221 g/mol. The first-order valence-corrected chi connectivity index (χ1v) is 3.69. The van der Waals surface area contributed by atoms with Gasteiger partial charge in [0.1, 0.15) is 4.61 Å². The number of rotatable bonds is 3. The number of hydrogen-bond acceptors (Lipinski definition) is 3. The number of nitroso groups, excluding NO2 is 1. The van der Waals surface area contributed by atoms with Crippen molar-refractivity contribution in [3.05, 3.63) is 4.91 Å². The summed E-state index contributed by atoms with van der Waals surface area (Å²) in [5, 5.41) is 2.73. The molecule has 0 aromatic rings. The Morgan fingerprint density at radius 1 is 1.75 bits per heavy atom. The highest BCUT2D eigenvalue weighted by molar-refractivity contribution is 14.1. The average Bonchev–Trinajstić information content (AvgIpc) is 1.67.